The molecule has 7 heteroatoms. The third kappa shape index (κ3) is 4.29. The van der Waals surface area contributed by atoms with E-state index in [-0.39, 0.29) is 25.2 Å². The minimum atomic E-state index is -1.27. The fourth-order valence-electron chi connectivity index (χ4n) is 4.40. The number of rotatable bonds is 7. The zero-order chi connectivity index (χ0) is 20.9. The van der Waals surface area contributed by atoms with E-state index in [4.69, 9.17) is 11.2 Å². The topological polar surface area (TPSA) is 67.3 Å². The first-order valence-electron chi connectivity index (χ1n) is 10.2. The van der Waals surface area contributed by atoms with Gasteiger partial charge in [0.05, 0.1) is 12.6 Å². The number of nitrogens with zero attached hydrogens (tertiary/aromatic N) is 3. The van der Waals surface area contributed by atoms with Crippen LogP contribution in [0.4, 0.5) is 10.3 Å². The van der Waals surface area contributed by atoms with E-state index in [1.165, 1.54) is 16.0 Å². The Morgan fingerprint density at radius 1 is 1.27 bits per heavy atom. The van der Waals surface area contributed by atoms with Gasteiger partial charge in [-0.25, -0.2) is 14.4 Å². The number of nitrogens with one attached hydrogen (secondary N) is 1. The third-order valence-corrected chi connectivity index (χ3v) is 5.92. The van der Waals surface area contributed by atoms with E-state index < -0.39 is 12.2 Å². The largest absolute Gasteiger partial charge is 0.368 e. The number of ether oxygens (including phenoxy) is 1. The Hall–Kier alpha value is -2.98. The Morgan fingerprint density at radius 2 is 1.97 bits per heavy atom. The highest BCUT2D eigenvalue weighted by Gasteiger charge is 2.39. The zero-order valence-electron chi connectivity index (χ0n) is 16.7. The lowest BCUT2D eigenvalue weighted by molar-refractivity contribution is -0.126. The van der Waals surface area contributed by atoms with Crippen LogP contribution in [-0.2, 0) is 22.4 Å². The highest BCUT2D eigenvalue weighted by atomic mass is 19.1. The number of alkyl halides is 1. The van der Waals surface area contributed by atoms with Gasteiger partial charge in [-0.2, -0.15) is 0 Å². The van der Waals surface area contributed by atoms with Crippen LogP contribution in [0.1, 0.15) is 29.2 Å². The first-order valence-corrected chi connectivity index (χ1v) is 10.2. The van der Waals surface area contributed by atoms with Gasteiger partial charge in [-0.05, 0) is 30.4 Å². The Bertz CT molecular complexity index is 889. The van der Waals surface area contributed by atoms with Crippen LogP contribution in [-0.4, -0.2) is 53.2 Å². The number of piperidine rings is 1. The number of terminal acetylenes is 1. The monoisotopic (exact) mass is 408 g/mol. The molecule has 3 unspecified atom stereocenters. The van der Waals surface area contributed by atoms with Crippen LogP contribution in [0.2, 0.25) is 0 Å². The molecule has 30 heavy (non-hydrogen) atoms. The molecule has 2 aliphatic rings. The van der Waals surface area contributed by atoms with Crippen LogP contribution in [0, 0.1) is 18.3 Å². The first kappa shape index (κ1) is 20.3. The predicted octanol–water partition coefficient (Wildman–Crippen LogP) is 2.56. The molecular formula is C23H25FN4O2. The molecule has 1 aromatic heterocycles. The summed E-state index contributed by atoms with van der Waals surface area (Å²) in [5.74, 6) is 2.57. The number of likely N-dealkylation sites (tertiary alicyclic amines) is 1. The number of carbonyl (C=O) groups is 1. The average molecular weight is 408 g/mol. The second kappa shape index (κ2) is 9.23. The van der Waals surface area contributed by atoms with Gasteiger partial charge in [-0.15, -0.1) is 6.42 Å². The van der Waals surface area contributed by atoms with Gasteiger partial charge in [0.25, 0.3) is 0 Å². The van der Waals surface area contributed by atoms with Gasteiger partial charge in [0, 0.05) is 36.5 Å². The molecular weight excluding hydrogens is 383 g/mol. The van der Waals surface area contributed by atoms with E-state index in [0.29, 0.717) is 30.9 Å². The fraction of sp³-hybridized carbons (Fsp3) is 0.435. The Balaban J connectivity index is 1.42. The van der Waals surface area contributed by atoms with Gasteiger partial charge in [-0.3, -0.25) is 4.79 Å². The molecule has 2 heterocycles. The summed E-state index contributed by atoms with van der Waals surface area (Å²) in [7, 11) is 0. The summed E-state index contributed by atoms with van der Waals surface area (Å²) in [6, 6.07) is 7.90. The van der Waals surface area contributed by atoms with Crippen molar-refractivity contribution in [1.82, 2.24) is 14.9 Å². The Morgan fingerprint density at radius 3 is 2.60 bits per heavy atom. The second-order valence-corrected chi connectivity index (χ2v) is 7.86. The van der Waals surface area contributed by atoms with E-state index in [9.17, 15) is 4.79 Å². The third-order valence-electron chi connectivity index (χ3n) is 5.92. The number of benzene rings is 1. The van der Waals surface area contributed by atoms with Crippen molar-refractivity contribution in [2.75, 3.05) is 25.1 Å². The molecule has 2 aromatic rings. The van der Waals surface area contributed by atoms with E-state index in [1.54, 1.807) is 12.4 Å². The molecule has 156 valence electrons. The first-order chi connectivity index (χ1) is 14.7. The number of hydrogen-bond acceptors (Lipinski definition) is 5. The SMILES string of the molecule is C#CCOCC1CCN(C=O)C(c2cnc(NC3Cc4ccccc4C3)nc2)C1F. The van der Waals surface area contributed by atoms with Crippen molar-refractivity contribution in [1.29, 1.82) is 0 Å². The summed E-state index contributed by atoms with van der Waals surface area (Å²) in [5, 5.41) is 3.36. The smallest absolute Gasteiger partial charge is 0.222 e. The second-order valence-electron chi connectivity index (χ2n) is 7.86. The number of hydrogen-bond donors (Lipinski definition) is 1. The van der Waals surface area contributed by atoms with Gasteiger partial charge in [-0.1, -0.05) is 30.2 Å². The molecule has 6 nitrogen and oxygen atoms in total. The van der Waals surface area contributed by atoms with Crippen molar-refractivity contribution in [3.8, 4) is 12.3 Å². The number of carbonyl (C=O) groups excluding carboxylic acids is 1. The molecule has 0 bridgehead atoms. The lowest BCUT2D eigenvalue weighted by atomic mass is 9.87. The van der Waals surface area contributed by atoms with Crippen molar-refractivity contribution < 1.29 is 13.9 Å². The van der Waals surface area contributed by atoms with Crippen molar-refractivity contribution in [3.05, 3.63) is 53.3 Å². The van der Waals surface area contributed by atoms with Crippen LogP contribution >= 0.6 is 0 Å². The lowest BCUT2D eigenvalue weighted by Crippen LogP contribution is -2.45. The molecule has 0 radical (unpaired) electrons. The zero-order valence-corrected chi connectivity index (χ0v) is 16.7. The van der Waals surface area contributed by atoms with Crippen molar-refractivity contribution >= 4 is 12.4 Å². The minimum Gasteiger partial charge on any atom is -0.368 e. The number of anilines is 1. The van der Waals surface area contributed by atoms with Gasteiger partial charge in [0.2, 0.25) is 12.4 Å². The Labute approximate surface area is 175 Å². The van der Waals surface area contributed by atoms with Crippen molar-refractivity contribution in [2.45, 2.75) is 37.5 Å². The maximum atomic E-state index is 15.2. The molecule has 1 N–H and O–H groups in total. The summed E-state index contributed by atoms with van der Waals surface area (Å²) < 4.78 is 20.6. The van der Waals surface area contributed by atoms with E-state index in [1.807, 2.05) is 12.1 Å². The number of fused-ring (bicyclic) bond motifs is 1. The molecule has 0 saturated carbocycles. The van der Waals surface area contributed by atoms with Crippen LogP contribution in [0.3, 0.4) is 0 Å². The molecule has 1 aromatic carbocycles. The van der Waals surface area contributed by atoms with E-state index in [0.717, 1.165) is 12.8 Å². The van der Waals surface area contributed by atoms with Crippen LogP contribution in [0.25, 0.3) is 0 Å². The van der Waals surface area contributed by atoms with Crippen molar-refractivity contribution in [2.24, 2.45) is 5.92 Å². The van der Waals surface area contributed by atoms with Gasteiger partial charge in [0.15, 0.2) is 0 Å². The molecule has 1 fully saturated rings. The molecule has 4 rings (SSSR count). The van der Waals surface area contributed by atoms with Crippen LogP contribution < -0.4 is 5.32 Å². The molecule has 1 amide bonds. The summed E-state index contributed by atoms with van der Waals surface area (Å²) >= 11 is 0. The number of amides is 1. The molecule has 1 aliphatic carbocycles. The maximum Gasteiger partial charge on any atom is 0.222 e. The normalized spacial score (nSPS) is 23.6. The number of aromatic nitrogens is 2. The molecule has 1 saturated heterocycles. The van der Waals surface area contributed by atoms with Gasteiger partial charge >= 0.3 is 0 Å². The van der Waals surface area contributed by atoms with Crippen LogP contribution in [0.15, 0.2) is 36.7 Å². The maximum absolute atomic E-state index is 15.2. The quantitative estimate of drug-likeness (QED) is 0.433. The highest BCUT2D eigenvalue weighted by molar-refractivity contribution is 5.49. The summed E-state index contributed by atoms with van der Waals surface area (Å²) in [6.45, 7) is 0.843. The van der Waals surface area contributed by atoms with Gasteiger partial charge in [0.1, 0.15) is 12.8 Å². The fourth-order valence-corrected chi connectivity index (χ4v) is 4.40. The minimum absolute atomic E-state index is 0.153. The van der Waals surface area contributed by atoms with Gasteiger partial charge < -0.3 is 15.0 Å². The number of halogens is 1. The summed E-state index contributed by atoms with van der Waals surface area (Å²) in [6.07, 6.45) is 10.2. The summed E-state index contributed by atoms with van der Waals surface area (Å²) in [4.78, 5) is 21.8. The lowest BCUT2D eigenvalue weighted by Gasteiger charge is -2.39. The van der Waals surface area contributed by atoms with E-state index in [2.05, 4.69) is 33.3 Å². The Kier molecular flexibility index (Phi) is 6.24. The van der Waals surface area contributed by atoms with E-state index >= 15 is 4.39 Å². The average Bonchev–Trinajstić information content (AvgIpc) is 3.18. The predicted molar refractivity (Wildman–Crippen MR) is 111 cm³/mol. The molecule has 3 atom stereocenters. The highest BCUT2D eigenvalue weighted by Crippen LogP contribution is 2.36. The standard InChI is InChI=1S/C23H25FN4O2/c1-2-9-30-14-18-7-8-28(15-29)22(21(18)24)19-12-25-23(26-13-19)27-20-10-16-5-3-4-6-17(16)11-20/h1,3-6,12-13,15,18,20-22H,7-11,14H2,(H,25,26,27). The van der Waals surface area contributed by atoms with Crippen LogP contribution in [0.5, 0.6) is 0 Å². The summed E-state index contributed by atoms with van der Waals surface area (Å²) in [5.41, 5.74) is 3.26. The molecule has 0 spiro atoms. The molecule has 1 aliphatic heterocycles. The van der Waals surface area contributed by atoms with Crippen molar-refractivity contribution in [3.63, 3.8) is 0 Å².